The summed E-state index contributed by atoms with van der Waals surface area (Å²) in [6.07, 6.45) is 0. The maximum Gasteiger partial charge on any atom is 0.338 e. The molecule has 0 saturated carbocycles. The minimum atomic E-state index is -0.529. The van der Waals surface area contributed by atoms with Gasteiger partial charge in [0.1, 0.15) is 0 Å². The molecular weight excluding hydrogens is 361 g/mol. The number of hydrogen-bond donors (Lipinski definition) is 1. The number of carbonyl (C=O) groups is 2. The standard InChI is InChI=1S/C19H19Cl2NO3/c1-11-6-12(2)8-14(7-11)19(24)25-10-18(23)22-13(3)16-5-4-15(20)9-17(16)21/h4-9,13H,10H2,1-3H3,(H,22,23)/t13-/m1/s1. The Morgan fingerprint density at radius 2 is 1.72 bits per heavy atom. The second-order valence-electron chi connectivity index (χ2n) is 5.91. The van der Waals surface area contributed by atoms with Crippen LogP contribution in [0, 0.1) is 13.8 Å². The lowest BCUT2D eigenvalue weighted by Gasteiger charge is -2.16. The highest BCUT2D eigenvalue weighted by atomic mass is 35.5. The molecule has 0 aliphatic heterocycles. The number of benzene rings is 2. The average Bonchev–Trinajstić information content (AvgIpc) is 2.51. The Balaban J connectivity index is 1.92. The molecule has 0 spiro atoms. The van der Waals surface area contributed by atoms with E-state index < -0.39 is 11.9 Å². The zero-order chi connectivity index (χ0) is 18.6. The van der Waals surface area contributed by atoms with Gasteiger partial charge in [-0.05, 0) is 50.6 Å². The van der Waals surface area contributed by atoms with E-state index in [1.807, 2.05) is 19.9 Å². The smallest absolute Gasteiger partial charge is 0.338 e. The molecule has 0 heterocycles. The van der Waals surface area contributed by atoms with Crippen molar-refractivity contribution in [1.29, 1.82) is 0 Å². The van der Waals surface area contributed by atoms with Crippen molar-refractivity contribution in [1.82, 2.24) is 5.32 Å². The highest BCUT2D eigenvalue weighted by Gasteiger charge is 2.15. The molecule has 6 heteroatoms. The second kappa shape index (κ2) is 8.37. The van der Waals surface area contributed by atoms with Gasteiger partial charge in [0, 0.05) is 10.0 Å². The maximum absolute atomic E-state index is 12.1. The van der Waals surface area contributed by atoms with E-state index in [1.54, 1.807) is 37.3 Å². The Kier molecular flexibility index (Phi) is 6.45. The number of amides is 1. The Morgan fingerprint density at radius 1 is 1.08 bits per heavy atom. The van der Waals surface area contributed by atoms with Gasteiger partial charge in [0.2, 0.25) is 0 Å². The zero-order valence-corrected chi connectivity index (χ0v) is 15.7. The molecule has 0 aliphatic rings. The molecule has 0 aromatic heterocycles. The molecule has 2 aromatic carbocycles. The number of carbonyl (C=O) groups excluding carboxylic acids is 2. The Hall–Kier alpha value is -2.04. The van der Waals surface area contributed by atoms with Crippen LogP contribution in [0.5, 0.6) is 0 Å². The number of nitrogens with one attached hydrogen (secondary N) is 1. The third kappa shape index (κ3) is 5.48. The van der Waals surface area contributed by atoms with Gasteiger partial charge in [-0.15, -0.1) is 0 Å². The van der Waals surface area contributed by atoms with Gasteiger partial charge in [0.25, 0.3) is 5.91 Å². The van der Waals surface area contributed by atoms with E-state index >= 15 is 0 Å². The van der Waals surface area contributed by atoms with E-state index in [1.165, 1.54) is 0 Å². The van der Waals surface area contributed by atoms with Crippen LogP contribution in [-0.4, -0.2) is 18.5 Å². The molecule has 0 radical (unpaired) electrons. The molecule has 0 saturated heterocycles. The van der Waals surface area contributed by atoms with E-state index in [9.17, 15) is 9.59 Å². The lowest BCUT2D eigenvalue weighted by atomic mass is 10.1. The van der Waals surface area contributed by atoms with Gasteiger partial charge in [0.05, 0.1) is 11.6 Å². The van der Waals surface area contributed by atoms with Crippen LogP contribution in [0.3, 0.4) is 0 Å². The van der Waals surface area contributed by atoms with Gasteiger partial charge in [-0.1, -0.05) is 46.5 Å². The first-order chi connectivity index (χ1) is 11.8. The number of esters is 1. The highest BCUT2D eigenvalue weighted by Crippen LogP contribution is 2.26. The number of ether oxygens (including phenoxy) is 1. The van der Waals surface area contributed by atoms with E-state index in [2.05, 4.69) is 5.32 Å². The second-order valence-corrected chi connectivity index (χ2v) is 6.75. The summed E-state index contributed by atoms with van der Waals surface area (Å²) in [5, 5.41) is 3.73. The van der Waals surface area contributed by atoms with E-state index in [0.29, 0.717) is 15.6 Å². The molecule has 2 rings (SSSR count). The molecular formula is C19H19Cl2NO3. The summed E-state index contributed by atoms with van der Waals surface area (Å²) in [5.74, 6) is -0.935. The molecule has 132 valence electrons. The summed E-state index contributed by atoms with van der Waals surface area (Å²) in [5.41, 5.74) is 3.09. The van der Waals surface area contributed by atoms with Gasteiger partial charge in [0.15, 0.2) is 6.61 Å². The third-order valence-electron chi connectivity index (χ3n) is 3.60. The molecule has 2 aromatic rings. The largest absolute Gasteiger partial charge is 0.452 e. The molecule has 0 unspecified atom stereocenters. The van der Waals surface area contributed by atoms with Gasteiger partial charge < -0.3 is 10.1 Å². The van der Waals surface area contributed by atoms with Crippen LogP contribution in [0.25, 0.3) is 0 Å². The monoisotopic (exact) mass is 379 g/mol. The van der Waals surface area contributed by atoms with Crippen LogP contribution in [0.15, 0.2) is 36.4 Å². The molecule has 4 nitrogen and oxygen atoms in total. The first-order valence-corrected chi connectivity index (χ1v) is 8.51. The van der Waals surface area contributed by atoms with Gasteiger partial charge in [-0.25, -0.2) is 4.79 Å². The topological polar surface area (TPSA) is 55.4 Å². The van der Waals surface area contributed by atoms with Gasteiger partial charge in [-0.2, -0.15) is 0 Å². The Bertz CT molecular complexity index is 785. The van der Waals surface area contributed by atoms with Crippen molar-refractivity contribution in [3.05, 3.63) is 68.7 Å². The summed E-state index contributed by atoms with van der Waals surface area (Å²) in [4.78, 5) is 24.1. The molecule has 0 bridgehead atoms. The number of aryl methyl sites for hydroxylation is 2. The summed E-state index contributed by atoms with van der Waals surface area (Å²) in [6, 6.07) is 10.1. The van der Waals surface area contributed by atoms with Crippen LogP contribution in [0.2, 0.25) is 10.0 Å². The van der Waals surface area contributed by atoms with Crippen LogP contribution in [0.1, 0.15) is 40.0 Å². The minimum Gasteiger partial charge on any atom is -0.452 e. The fourth-order valence-electron chi connectivity index (χ4n) is 2.52. The third-order valence-corrected chi connectivity index (χ3v) is 4.16. The fourth-order valence-corrected chi connectivity index (χ4v) is 3.09. The van der Waals surface area contributed by atoms with Crippen LogP contribution >= 0.6 is 23.2 Å². The summed E-state index contributed by atoms with van der Waals surface area (Å²) in [6.45, 7) is 5.22. The molecule has 25 heavy (non-hydrogen) atoms. The predicted octanol–water partition coefficient (Wildman–Crippen LogP) is 4.64. The lowest BCUT2D eigenvalue weighted by molar-refractivity contribution is -0.124. The lowest BCUT2D eigenvalue weighted by Crippen LogP contribution is -2.31. The van der Waals surface area contributed by atoms with Crippen LogP contribution in [0.4, 0.5) is 0 Å². The van der Waals surface area contributed by atoms with Crippen LogP contribution in [-0.2, 0) is 9.53 Å². The van der Waals surface area contributed by atoms with Crippen molar-refractivity contribution in [3.8, 4) is 0 Å². The average molecular weight is 380 g/mol. The van der Waals surface area contributed by atoms with Crippen molar-refractivity contribution in [3.63, 3.8) is 0 Å². The van der Waals surface area contributed by atoms with E-state index in [0.717, 1.165) is 16.7 Å². The van der Waals surface area contributed by atoms with Crippen molar-refractivity contribution in [2.24, 2.45) is 0 Å². The maximum atomic E-state index is 12.1. The number of hydrogen-bond acceptors (Lipinski definition) is 3. The van der Waals surface area contributed by atoms with E-state index in [-0.39, 0.29) is 12.6 Å². The molecule has 1 atom stereocenters. The van der Waals surface area contributed by atoms with Crippen molar-refractivity contribution in [2.45, 2.75) is 26.8 Å². The SMILES string of the molecule is Cc1cc(C)cc(C(=O)OCC(=O)N[C@H](C)c2ccc(Cl)cc2Cl)c1. The molecule has 1 N–H and O–H groups in total. The van der Waals surface area contributed by atoms with Crippen molar-refractivity contribution < 1.29 is 14.3 Å². The zero-order valence-electron chi connectivity index (χ0n) is 14.2. The van der Waals surface area contributed by atoms with Gasteiger partial charge >= 0.3 is 5.97 Å². The summed E-state index contributed by atoms with van der Waals surface area (Å²) in [7, 11) is 0. The summed E-state index contributed by atoms with van der Waals surface area (Å²) >= 11 is 12.0. The van der Waals surface area contributed by atoms with E-state index in [4.69, 9.17) is 27.9 Å². The summed E-state index contributed by atoms with van der Waals surface area (Å²) < 4.78 is 5.08. The van der Waals surface area contributed by atoms with Crippen molar-refractivity contribution in [2.75, 3.05) is 6.61 Å². The fraction of sp³-hybridized carbons (Fsp3) is 0.263. The normalized spacial score (nSPS) is 11.7. The predicted molar refractivity (Wildman–Crippen MR) is 99.2 cm³/mol. The number of halogens is 2. The minimum absolute atomic E-state index is 0.336. The first-order valence-electron chi connectivity index (χ1n) is 7.76. The highest BCUT2D eigenvalue weighted by molar-refractivity contribution is 6.35. The molecule has 1 amide bonds. The molecule has 0 aliphatic carbocycles. The van der Waals surface area contributed by atoms with Crippen molar-refractivity contribution >= 4 is 35.1 Å². The first kappa shape index (κ1) is 19.3. The van der Waals surface area contributed by atoms with Crippen LogP contribution < -0.4 is 5.32 Å². The molecule has 0 fully saturated rings. The Labute approximate surface area is 157 Å². The Morgan fingerprint density at radius 3 is 2.32 bits per heavy atom. The quantitative estimate of drug-likeness (QED) is 0.769. The van der Waals surface area contributed by atoms with Gasteiger partial charge in [-0.3, -0.25) is 4.79 Å². The number of rotatable bonds is 5.